The van der Waals surface area contributed by atoms with Gasteiger partial charge in [0, 0.05) is 13.0 Å². The standard InChI is InChI=1S/C29H42N10O11S/c30-29(31)32-8-4-7-17(37-22(42)13-34-20(40)11-33-21(41)12-35-24(44)15-51)26(47)36-14-23(43)38-18(10-25(45)46)27(48)39-19(28(49)50)9-16-5-2-1-3-6-16/h1-3,5-6,17-19,51H,4,7-15H2,(H,33,41)(H,34,40)(H,35,44)(H,36,47)(H,37,42)(H,38,43)(H,39,48)(H,45,46)(H,49,50)(H4,30,31,32)/t17-,18-,19-/m0/s1. The molecule has 0 aliphatic carbocycles. The average molecular weight is 739 g/mol. The molecule has 21 nitrogen and oxygen atoms in total. The van der Waals surface area contributed by atoms with E-state index in [4.69, 9.17) is 11.5 Å². The summed E-state index contributed by atoms with van der Waals surface area (Å²) in [7, 11) is 0. The predicted molar refractivity (Wildman–Crippen MR) is 182 cm³/mol. The number of nitrogens with one attached hydrogen (secondary N) is 7. The topological polar surface area (TPSA) is 343 Å². The minimum absolute atomic E-state index is 0.0416. The normalized spacial score (nSPS) is 12.0. The van der Waals surface area contributed by atoms with Gasteiger partial charge in [-0.05, 0) is 18.4 Å². The molecule has 0 bridgehead atoms. The Morgan fingerprint density at radius 1 is 0.667 bits per heavy atom. The van der Waals surface area contributed by atoms with Crippen molar-refractivity contribution in [3.8, 4) is 0 Å². The fraction of sp³-hybridized carbons (Fsp3) is 0.448. The number of guanidine groups is 1. The highest BCUT2D eigenvalue weighted by molar-refractivity contribution is 7.81. The summed E-state index contributed by atoms with van der Waals surface area (Å²) in [6.07, 6.45) is -0.895. The molecule has 0 saturated heterocycles. The SMILES string of the molecule is NC(N)=NCCC[C@H](NC(=O)CNC(=O)CNC(=O)CNC(=O)CS)C(=O)NCC(=O)N[C@@H](CC(=O)O)C(=O)N[C@@H](Cc1ccccc1)C(=O)O. The maximum absolute atomic E-state index is 13.0. The maximum Gasteiger partial charge on any atom is 0.326 e. The molecule has 0 aliphatic rings. The van der Waals surface area contributed by atoms with Gasteiger partial charge in [0.15, 0.2) is 5.96 Å². The highest BCUT2D eigenvalue weighted by Crippen LogP contribution is 2.05. The Morgan fingerprint density at radius 2 is 1.20 bits per heavy atom. The van der Waals surface area contributed by atoms with Crippen LogP contribution in [0, 0.1) is 0 Å². The van der Waals surface area contributed by atoms with E-state index in [0.717, 1.165) is 0 Å². The lowest BCUT2D eigenvalue weighted by molar-refractivity contribution is -0.143. The summed E-state index contributed by atoms with van der Waals surface area (Å²) in [5.74, 6) is -8.97. The van der Waals surface area contributed by atoms with Crippen molar-refractivity contribution in [2.75, 3.05) is 38.5 Å². The van der Waals surface area contributed by atoms with Crippen LogP contribution in [0.2, 0.25) is 0 Å². The summed E-state index contributed by atoms with van der Waals surface area (Å²) < 4.78 is 0. The van der Waals surface area contributed by atoms with Crippen molar-refractivity contribution in [2.24, 2.45) is 16.5 Å². The van der Waals surface area contributed by atoms with E-state index in [1.54, 1.807) is 30.3 Å². The van der Waals surface area contributed by atoms with Gasteiger partial charge in [-0.2, -0.15) is 12.6 Å². The predicted octanol–water partition coefficient (Wildman–Crippen LogP) is -5.31. The van der Waals surface area contributed by atoms with E-state index in [1.807, 2.05) is 0 Å². The minimum Gasteiger partial charge on any atom is -0.481 e. The van der Waals surface area contributed by atoms with Gasteiger partial charge >= 0.3 is 11.9 Å². The molecule has 0 radical (unpaired) electrons. The summed E-state index contributed by atoms with van der Waals surface area (Å²) in [5.41, 5.74) is 11.2. The number of nitrogens with two attached hydrogens (primary N) is 2. The van der Waals surface area contributed by atoms with Crippen LogP contribution in [0.25, 0.3) is 0 Å². The Labute approximate surface area is 296 Å². The lowest BCUT2D eigenvalue weighted by atomic mass is 10.1. The first-order valence-corrected chi connectivity index (χ1v) is 15.9. The fourth-order valence-electron chi connectivity index (χ4n) is 3.98. The summed E-state index contributed by atoms with van der Waals surface area (Å²) in [6.45, 7) is -2.24. The second-order valence-corrected chi connectivity index (χ2v) is 10.9. The quantitative estimate of drug-likeness (QED) is 0.0216. The third-order valence-electron chi connectivity index (χ3n) is 6.43. The van der Waals surface area contributed by atoms with Crippen LogP contribution in [0.1, 0.15) is 24.8 Å². The number of rotatable bonds is 23. The van der Waals surface area contributed by atoms with Crippen molar-refractivity contribution < 1.29 is 53.4 Å². The Bertz CT molecular complexity index is 1440. The first-order chi connectivity index (χ1) is 24.1. The largest absolute Gasteiger partial charge is 0.481 e. The number of carboxylic acids is 2. The zero-order valence-electron chi connectivity index (χ0n) is 27.3. The van der Waals surface area contributed by atoms with E-state index in [1.165, 1.54) is 0 Å². The molecule has 0 aliphatic heterocycles. The summed E-state index contributed by atoms with van der Waals surface area (Å²) in [6, 6.07) is 3.87. The highest BCUT2D eigenvalue weighted by atomic mass is 32.1. The van der Waals surface area contributed by atoms with Gasteiger partial charge in [0.25, 0.3) is 0 Å². The Morgan fingerprint density at radius 3 is 1.73 bits per heavy atom. The van der Waals surface area contributed by atoms with Gasteiger partial charge in [0.1, 0.15) is 18.1 Å². The second-order valence-electron chi connectivity index (χ2n) is 10.6. The van der Waals surface area contributed by atoms with Crippen molar-refractivity contribution in [3.63, 3.8) is 0 Å². The van der Waals surface area contributed by atoms with E-state index in [2.05, 4.69) is 54.8 Å². The fourth-order valence-corrected chi connectivity index (χ4v) is 4.09. The van der Waals surface area contributed by atoms with Crippen molar-refractivity contribution >= 4 is 71.9 Å². The number of hydrogen-bond acceptors (Lipinski definition) is 11. The molecule has 1 aromatic rings. The third kappa shape index (κ3) is 19.6. The van der Waals surface area contributed by atoms with Gasteiger partial charge in [-0.1, -0.05) is 30.3 Å². The number of aliphatic imine (C=N–C) groups is 1. The molecule has 0 unspecified atom stereocenters. The molecular formula is C29H42N10O11S. The van der Waals surface area contributed by atoms with Gasteiger partial charge in [0.05, 0.1) is 38.4 Å². The molecule has 51 heavy (non-hydrogen) atoms. The van der Waals surface area contributed by atoms with Gasteiger partial charge in [-0.15, -0.1) is 0 Å². The van der Waals surface area contributed by atoms with Gasteiger partial charge in [0.2, 0.25) is 41.4 Å². The van der Waals surface area contributed by atoms with Crippen molar-refractivity contribution in [1.82, 2.24) is 37.2 Å². The minimum atomic E-state index is -1.71. The average Bonchev–Trinajstić information content (AvgIpc) is 3.08. The number of hydrogen-bond donors (Lipinski definition) is 12. The number of aliphatic carboxylic acids is 2. The number of nitrogens with zero attached hydrogens (tertiary/aromatic N) is 1. The van der Waals surface area contributed by atoms with Gasteiger partial charge in [-0.25, -0.2) is 4.79 Å². The number of carbonyl (C=O) groups excluding carboxylic acids is 7. The van der Waals surface area contributed by atoms with Crippen LogP contribution in [0.3, 0.4) is 0 Å². The molecule has 3 atom stereocenters. The van der Waals surface area contributed by atoms with E-state index in [-0.39, 0.29) is 37.5 Å². The second kappa shape index (κ2) is 23.4. The molecule has 22 heteroatoms. The summed E-state index contributed by atoms with van der Waals surface area (Å²) >= 11 is 3.74. The maximum atomic E-state index is 13.0. The number of benzene rings is 1. The molecule has 0 aromatic heterocycles. The van der Waals surface area contributed by atoms with E-state index in [0.29, 0.717) is 5.56 Å². The van der Waals surface area contributed by atoms with E-state index < -0.39 is 104 Å². The molecule has 13 N–H and O–H groups in total. The molecule has 0 fully saturated rings. The highest BCUT2D eigenvalue weighted by Gasteiger charge is 2.29. The smallest absolute Gasteiger partial charge is 0.326 e. The molecule has 0 saturated carbocycles. The van der Waals surface area contributed by atoms with Crippen molar-refractivity contribution in [1.29, 1.82) is 0 Å². The summed E-state index contributed by atoms with van der Waals surface area (Å²) in [5, 5.41) is 34.6. The third-order valence-corrected chi connectivity index (χ3v) is 6.72. The Hall–Kier alpha value is -5.93. The molecular weight excluding hydrogens is 696 g/mol. The molecule has 280 valence electrons. The summed E-state index contributed by atoms with van der Waals surface area (Å²) in [4.78, 5) is 113. The Kier molecular flexibility index (Phi) is 19.8. The molecule has 0 spiro atoms. The van der Waals surface area contributed by atoms with E-state index in [9.17, 15) is 53.4 Å². The van der Waals surface area contributed by atoms with E-state index >= 15 is 0 Å². The van der Waals surface area contributed by atoms with Crippen LogP contribution in [0.4, 0.5) is 0 Å². The number of carboxylic acid groups (broad SMARTS) is 2. The van der Waals surface area contributed by atoms with Crippen LogP contribution in [0.5, 0.6) is 0 Å². The molecule has 1 aromatic carbocycles. The first-order valence-electron chi connectivity index (χ1n) is 15.2. The van der Waals surface area contributed by atoms with Crippen molar-refractivity contribution in [2.45, 2.75) is 43.8 Å². The molecule has 7 amide bonds. The number of carbonyl (C=O) groups is 9. The zero-order chi connectivity index (χ0) is 38.3. The molecule has 0 heterocycles. The zero-order valence-corrected chi connectivity index (χ0v) is 28.2. The Balaban J connectivity index is 2.79. The lowest BCUT2D eigenvalue weighted by Gasteiger charge is -2.21. The van der Waals surface area contributed by atoms with Crippen molar-refractivity contribution in [3.05, 3.63) is 35.9 Å². The number of thiol groups is 1. The van der Waals surface area contributed by atoms with Crippen LogP contribution in [-0.2, 0) is 49.6 Å². The number of amides is 7. The van der Waals surface area contributed by atoms with Gasteiger partial charge < -0.3 is 58.9 Å². The van der Waals surface area contributed by atoms with Crippen LogP contribution >= 0.6 is 12.6 Å². The monoisotopic (exact) mass is 738 g/mol. The van der Waals surface area contributed by atoms with Gasteiger partial charge in [-0.3, -0.25) is 43.3 Å². The molecule has 1 rings (SSSR count). The lowest BCUT2D eigenvalue weighted by Crippen LogP contribution is -2.55. The van der Waals surface area contributed by atoms with Crippen LogP contribution < -0.4 is 48.7 Å². The first kappa shape index (κ1) is 43.1. The van der Waals surface area contributed by atoms with Crippen LogP contribution in [-0.4, -0.2) is 126 Å². The van der Waals surface area contributed by atoms with Crippen LogP contribution in [0.15, 0.2) is 35.3 Å².